The molecule has 1 aliphatic rings. The second kappa shape index (κ2) is 9.39. The third kappa shape index (κ3) is 5.25. The topological polar surface area (TPSA) is 69.2 Å². The molecule has 0 radical (unpaired) electrons. The zero-order valence-electron chi connectivity index (χ0n) is 17.1. The number of benzene rings is 2. The number of halogens is 1. The molecule has 2 unspecified atom stereocenters. The van der Waals surface area contributed by atoms with Gasteiger partial charge in [0.1, 0.15) is 11.6 Å². The number of rotatable bonds is 8. The molecule has 1 saturated heterocycles. The first-order chi connectivity index (χ1) is 14.6. The Morgan fingerprint density at radius 3 is 2.83 bits per heavy atom. The van der Waals surface area contributed by atoms with E-state index in [0.717, 1.165) is 50.2 Å². The maximum atomic E-state index is 13.5. The van der Waals surface area contributed by atoms with Crippen molar-refractivity contribution in [2.75, 3.05) is 19.6 Å². The van der Waals surface area contributed by atoms with Crippen molar-refractivity contribution < 1.29 is 14.3 Å². The number of aromatic amines is 1. The van der Waals surface area contributed by atoms with Crippen molar-refractivity contribution in [1.29, 1.82) is 0 Å². The Balaban J connectivity index is 1.40. The van der Waals surface area contributed by atoms with Crippen LogP contribution in [0.4, 0.5) is 4.39 Å². The highest BCUT2D eigenvalue weighted by Crippen LogP contribution is 2.30. The van der Waals surface area contributed by atoms with Crippen LogP contribution < -0.4 is 0 Å². The van der Waals surface area contributed by atoms with Gasteiger partial charge >= 0.3 is 5.97 Å². The average Bonchev–Trinajstić information content (AvgIpc) is 3.11. The van der Waals surface area contributed by atoms with Crippen molar-refractivity contribution >= 4 is 17.0 Å². The van der Waals surface area contributed by atoms with Gasteiger partial charge in [-0.2, -0.15) is 0 Å². The lowest BCUT2D eigenvalue weighted by Crippen LogP contribution is -2.42. The number of carboxylic acid groups (broad SMARTS) is 1. The second-order valence-electron chi connectivity index (χ2n) is 8.35. The summed E-state index contributed by atoms with van der Waals surface area (Å²) >= 11 is 0. The fourth-order valence-corrected chi connectivity index (χ4v) is 4.61. The van der Waals surface area contributed by atoms with Gasteiger partial charge < -0.3 is 15.0 Å². The van der Waals surface area contributed by atoms with Crippen LogP contribution in [0.1, 0.15) is 30.7 Å². The Kier molecular flexibility index (Phi) is 6.43. The lowest BCUT2D eigenvalue weighted by Gasteiger charge is -2.38. The van der Waals surface area contributed by atoms with E-state index in [2.05, 4.69) is 39.1 Å². The van der Waals surface area contributed by atoms with E-state index < -0.39 is 5.97 Å². The predicted molar refractivity (Wildman–Crippen MR) is 115 cm³/mol. The van der Waals surface area contributed by atoms with Crippen LogP contribution in [0.15, 0.2) is 48.5 Å². The Morgan fingerprint density at radius 2 is 2.03 bits per heavy atom. The Hall–Kier alpha value is -2.73. The first-order valence-corrected chi connectivity index (χ1v) is 10.7. The summed E-state index contributed by atoms with van der Waals surface area (Å²) in [5.41, 5.74) is 2.79. The molecule has 1 aliphatic heterocycles. The molecule has 6 heteroatoms. The van der Waals surface area contributed by atoms with E-state index in [1.807, 2.05) is 6.07 Å². The van der Waals surface area contributed by atoms with Gasteiger partial charge in [-0.1, -0.05) is 30.3 Å². The van der Waals surface area contributed by atoms with Crippen LogP contribution in [0.2, 0.25) is 0 Å². The number of imidazole rings is 1. The van der Waals surface area contributed by atoms with E-state index in [9.17, 15) is 14.3 Å². The van der Waals surface area contributed by atoms with Crippen molar-refractivity contribution in [3.05, 3.63) is 65.7 Å². The number of hydrogen-bond acceptors (Lipinski definition) is 3. The number of nitrogens with zero attached hydrogens (tertiary/aromatic N) is 2. The summed E-state index contributed by atoms with van der Waals surface area (Å²) in [5, 5.41) is 9.35. The van der Waals surface area contributed by atoms with E-state index in [1.54, 1.807) is 6.07 Å². The number of piperidine rings is 1. The number of aliphatic carboxylic acids is 1. The summed E-state index contributed by atoms with van der Waals surface area (Å²) < 4.78 is 13.5. The molecule has 1 aromatic heterocycles. The van der Waals surface area contributed by atoms with E-state index in [1.165, 1.54) is 17.7 Å². The lowest BCUT2D eigenvalue weighted by molar-refractivity contribution is -0.139. The molecule has 1 fully saturated rings. The molecule has 0 bridgehead atoms. The van der Waals surface area contributed by atoms with E-state index in [4.69, 9.17) is 0 Å². The first kappa shape index (κ1) is 20.5. The van der Waals surface area contributed by atoms with E-state index in [-0.39, 0.29) is 24.1 Å². The van der Waals surface area contributed by atoms with Gasteiger partial charge in [0.2, 0.25) is 0 Å². The standard InChI is InChI=1S/C24H28FN3O2/c25-20-8-9-21-22(15-20)27-23(26-21)13-19-16-28(12-10-18(19)14-24(29)30)11-4-7-17-5-2-1-3-6-17/h1-3,5-6,8-9,15,18-19H,4,7,10-14,16H2,(H,26,27)(H,29,30). The summed E-state index contributed by atoms with van der Waals surface area (Å²) in [6.45, 7) is 2.82. The van der Waals surface area contributed by atoms with Gasteiger partial charge in [-0.3, -0.25) is 4.79 Å². The number of fused-ring (bicyclic) bond motifs is 1. The van der Waals surface area contributed by atoms with Gasteiger partial charge in [0.05, 0.1) is 11.0 Å². The number of aryl methyl sites for hydroxylation is 1. The number of nitrogens with one attached hydrogen (secondary N) is 1. The maximum Gasteiger partial charge on any atom is 0.303 e. The molecule has 0 spiro atoms. The zero-order chi connectivity index (χ0) is 20.9. The van der Waals surface area contributed by atoms with Crippen molar-refractivity contribution in [2.45, 2.75) is 32.1 Å². The van der Waals surface area contributed by atoms with Crippen LogP contribution in [0.3, 0.4) is 0 Å². The summed E-state index contributed by atoms with van der Waals surface area (Å²) in [6, 6.07) is 15.0. The monoisotopic (exact) mass is 409 g/mol. The summed E-state index contributed by atoms with van der Waals surface area (Å²) in [7, 11) is 0. The van der Waals surface area contributed by atoms with E-state index >= 15 is 0 Å². The molecule has 0 saturated carbocycles. The van der Waals surface area contributed by atoms with Gasteiger partial charge in [0, 0.05) is 19.4 Å². The Bertz CT molecular complexity index is 989. The Labute approximate surface area is 175 Å². The number of hydrogen-bond donors (Lipinski definition) is 2. The number of aromatic nitrogens is 2. The molecule has 3 aromatic rings. The molecular weight excluding hydrogens is 381 g/mol. The summed E-state index contributed by atoms with van der Waals surface area (Å²) in [5.74, 6) is 0.134. The molecule has 0 amide bonds. The minimum Gasteiger partial charge on any atom is -0.481 e. The van der Waals surface area contributed by atoms with Gasteiger partial charge in [-0.05, 0) is 68.0 Å². The molecule has 5 nitrogen and oxygen atoms in total. The van der Waals surface area contributed by atoms with Crippen LogP contribution in [-0.4, -0.2) is 45.6 Å². The highest BCUT2D eigenvalue weighted by Gasteiger charge is 2.31. The molecule has 2 aromatic carbocycles. The predicted octanol–water partition coefficient (Wildman–Crippen LogP) is 4.29. The zero-order valence-corrected chi connectivity index (χ0v) is 17.1. The molecule has 2 atom stereocenters. The van der Waals surface area contributed by atoms with Gasteiger partial charge in [0.15, 0.2) is 0 Å². The normalized spacial score (nSPS) is 19.9. The average molecular weight is 410 g/mol. The van der Waals surface area contributed by atoms with Crippen molar-refractivity contribution in [3.8, 4) is 0 Å². The van der Waals surface area contributed by atoms with Crippen LogP contribution in [0.25, 0.3) is 11.0 Å². The smallest absolute Gasteiger partial charge is 0.303 e. The molecule has 0 aliphatic carbocycles. The minimum atomic E-state index is -0.741. The third-order valence-corrected chi connectivity index (χ3v) is 6.14. The highest BCUT2D eigenvalue weighted by molar-refractivity contribution is 5.74. The number of H-pyrrole nitrogens is 1. The SMILES string of the molecule is O=C(O)CC1CCN(CCCc2ccccc2)CC1Cc1nc2ccc(F)cc2[nH]1. The van der Waals surface area contributed by atoms with Crippen LogP contribution >= 0.6 is 0 Å². The first-order valence-electron chi connectivity index (χ1n) is 10.7. The van der Waals surface area contributed by atoms with Gasteiger partial charge in [-0.15, -0.1) is 0 Å². The van der Waals surface area contributed by atoms with Crippen molar-refractivity contribution in [3.63, 3.8) is 0 Å². The second-order valence-corrected chi connectivity index (χ2v) is 8.35. The number of likely N-dealkylation sites (tertiary alicyclic amines) is 1. The molecule has 2 heterocycles. The molecule has 30 heavy (non-hydrogen) atoms. The highest BCUT2D eigenvalue weighted by atomic mass is 19.1. The Morgan fingerprint density at radius 1 is 1.20 bits per heavy atom. The number of carbonyl (C=O) groups is 1. The quantitative estimate of drug-likeness (QED) is 0.582. The summed E-state index contributed by atoms with van der Waals surface area (Å²) in [6.07, 6.45) is 3.90. The third-order valence-electron chi connectivity index (χ3n) is 6.14. The van der Waals surface area contributed by atoms with E-state index in [0.29, 0.717) is 11.9 Å². The number of carboxylic acids is 1. The van der Waals surface area contributed by atoms with Crippen molar-refractivity contribution in [2.24, 2.45) is 11.8 Å². The molecule has 2 N–H and O–H groups in total. The van der Waals surface area contributed by atoms with Crippen LogP contribution in [0.5, 0.6) is 0 Å². The fourth-order valence-electron chi connectivity index (χ4n) is 4.61. The minimum absolute atomic E-state index is 0.137. The van der Waals surface area contributed by atoms with Crippen LogP contribution in [0, 0.1) is 17.7 Å². The molecule has 4 rings (SSSR count). The van der Waals surface area contributed by atoms with Crippen LogP contribution in [-0.2, 0) is 17.6 Å². The maximum absolute atomic E-state index is 13.5. The lowest BCUT2D eigenvalue weighted by atomic mass is 9.81. The molecular formula is C24H28FN3O2. The van der Waals surface area contributed by atoms with Crippen molar-refractivity contribution in [1.82, 2.24) is 14.9 Å². The van der Waals surface area contributed by atoms with Gasteiger partial charge in [0.25, 0.3) is 0 Å². The summed E-state index contributed by atoms with van der Waals surface area (Å²) in [4.78, 5) is 21.6. The fraction of sp³-hybridized carbons (Fsp3) is 0.417. The largest absolute Gasteiger partial charge is 0.481 e. The molecule has 158 valence electrons. The van der Waals surface area contributed by atoms with Gasteiger partial charge in [-0.25, -0.2) is 9.37 Å².